The number of aryl methyl sites for hydroxylation is 1. The molecule has 1 atom stereocenters. The van der Waals surface area contributed by atoms with Crippen molar-refractivity contribution in [1.82, 2.24) is 15.5 Å². The Kier molecular flexibility index (Phi) is 5.70. The van der Waals surface area contributed by atoms with Crippen molar-refractivity contribution in [3.05, 3.63) is 64.7 Å². The van der Waals surface area contributed by atoms with Crippen LogP contribution in [0.5, 0.6) is 0 Å². The minimum absolute atomic E-state index is 0. The lowest BCUT2D eigenvalue weighted by Crippen LogP contribution is -2.52. The molecule has 0 spiro atoms. The van der Waals surface area contributed by atoms with E-state index < -0.39 is 11.9 Å². The highest BCUT2D eigenvalue weighted by molar-refractivity contribution is 6.05. The fourth-order valence-corrected chi connectivity index (χ4v) is 3.92. The van der Waals surface area contributed by atoms with Gasteiger partial charge in [-0.3, -0.25) is 19.7 Å². The molecule has 2 aromatic carbocycles. The van der Waals surface area contributed by atoms with Gasteiger partial charge in [0.2, 0.25) is 11.8 Å². The second-order valence-corrected chi connectivity index (χ2v) is 7.75. The van der Waals surface area contributed by atoms with Crippen LogP contribution in [0.25, 0.3) is 0 Å². The number of anilines is 1. The summed E-state index contributed by atoms with van der Waals surface area (Å²) in [6.45, 7) is 2.69. The highest BCUT2D eigenvalue weighted by atomic mass is 16.2. The van der Waals surface area contributed by atoms with Crippen LogP contribution in [0, 0.1) is 0 Å². The SMILES string of the molecule is CCc1ccc(NC(=O)NCc2ccc3c(c2)CN(C2CCC(=O)NC2=O)C3=O)cc1.[HH].[HH].[HH]. The lowest BCUT2D eigenvalue weighted by molar-refractivity contribution is -0.136. The van der Waals surface area contributed by atoms with E-state index in [1.54, 1.807) is 12.1 Å². The molecule has 0 bridgehead atoms. The molecule has 2 heterocycles. The van der Waals surface area contributed by atoms with Crippen LogP contribution >= 0.6 is 0 Å². The molecule has 8 heteroatoms. The minimum Gasteiger partial charge on any atom is -0.334 e. The maximum absolute atomic E-state index is 12.7. The molecule has 5 amide bonds. The first kappa shape index (κ1) is 20.6. The van der Waals surface area contributed by atoms with Crippen LogP contribution in [0.15, 0.2) is 42.5 Å². The lowest BCUT2D eigenvalue weighted by Gasteiger charge is -2.29. The molecular weight excluding hydrogens is 396 g/mol. The third kappa shape index (κ3) is 4.42. The average Bonchev–Trinajstić information content (AvgIpc) is 3.08. The Morgan fingerprint density at radius 1 is 1.13 bits per heavy atom. The summed E-state index contributed by atoms with van der Waals surface area (Å²) in [5.41, 5.74) is 4.13. The normalized spacial score (nSPS) is 17.9. The maximum atomic E-state index is 12.7. The largest absolute Gasteiger partial charge is 0.334 e. The van der Waals surface area contributed by atoms with Crippen molar-refractivity contribution in [2.45, 2.75) is 45.3 Å². The molecule has 0 aliphatic carbocycles. The summed E-state index contributed by atoms with van der Waals surface area (Å²) in [5.74, 6) is -0.946. The van der Waals surface area contributed by atoms with Crippen molar-refractivity contribution in [3.8, 4) is 0 Å². The van der Waals surface area contributed by atoms with Gasteiger partial charge in [-0.25, -0.2) is 4.79 Å². The molecular formula is C23H30N4O4. The zero-order chi connectivity index (χ0) is 22.0. The van der Waals surface area contributed by atoms with E-state index in [4.69, 9.17) is 0 Å². The van der Waals surface area contributed by atoms with Gasteiger partial charge in [0.15, 0.2) is 0 Å². The number of hydrogen-bond acceptors (Lipinski definition) is 4. The van der Waals surface area contributed by atoms with Gasteiger partial charge in [0.1, 0.15) is 6.04 Å². The minimum atomic E-state index is -0.635. The van der Waals surface area contributed by atoms with E-state index in [1.165, 1.54) is 10.5 Å². The van der Waals surface area contributed by atoms with Crippen molar-refractivity contribution in [2.75, 3.05) is 5.32 Å². The van der Waals surface area contributed by atoms with Gasteiger partial charge in [-0.05, 0) is 47.7 Å². The second kappa shape index (κ2) is 8.59. The van der Waals surface area contributed by atoms with E-state index in [0.717, 1.165) is 17.5 Å². The lowest BCUT2D eigenvalue weighted by atomic mass is 10.0. The van der Waals surface area contributed by atoms with Gasteiger partial charge in [0.25, 0.3) is 5.91 Å². The molecule has 0 saturated carbocycles. The van der Waals surface area contributed by atoms with E-state index in [9.17, 15) is 19.2 Å². The zero-order valence-electron chi connectivity index (χ0n) is 17.2. The molecule has 0 aromatic heterocycles. The van der Waals surface area contributed by atoms with Crippen LogP contribution in [-0.4, -0.2) is 34.7 Å². The van der Waals surface area contributed by atoms with Crippen LogP contribution in [0.3, 0.4) is 0 Å². The molecule has 1 fully saturated rings. The van der Waals surface area contributed by atoms with Crippen LogP contribution in [0.2, 0.25) is 0 Å². The summed E-state index contributed by atoms with van der Waals surface area (Å²) in [6.07, 6.45) is 1.49. The molecule has 1 unspecified atom stereocenters. The molecule has 0 radical (unpaired) electrons. The number of benzene rings is 2. The predicted molar refractivity (Wildman–Crippen MR) is 121 cm³/mol. The summed E-state index contributed by atoms with van der Waals surface area (Å²) < 4.78 is 0. The number of nitrogens with one attached hydrogen (secondary N) is 3. The number of amides is 5. The fraction of sp³-hybridized carbons (Fsp3) is 0.304. The molecule has 8 nitrogen and oxygen atoms in total. The Morgan fingerprint density at radius 3 is 2.58 bits per heavy atom. The van der Waals surface area contributed by atoms with Crippen LogP contribution < -0.4 is 16.0 Å². The highest BCUT2D eigenvalue weighted by Gasteiger charge is 2.39. The van der Waals surface area contributed by atoms with E-state index in [1.807, 2.05) is 30.3 Å². The van der Waals surface area contributed by atoms with Crippen LogP contribution in [-0.2, 0) is 29.1 Å². The number of nitrogens with zero attached hydrogens (tertiary/aromatic N) is 1. The smallest absolute Gasteiger partial charge is 0.319 e. The third-order valence-corrected chi connectivity index (χ3v) is 5.66. The van der Waals surface area contributed by atoms with E-state index in [-0.39, 0.29) is 28.5 Å². The Balaban J connectivity index is 0.00000193. The van der Waals surface area contributed by atoms with Crippen LogP contribution in [0.1, 0.15) is 51.1 Å². The van der Waals surface area contributed by atoms with E-state index in [0.29, 0.717) is 30.8 Å². The molecule has 2 aromatic rings. The summed E-state index contributed by atoms with van der Waals surface area (Å²) in [4.78, 5) is 49.9. The molecule has 2 aliphatic heterocycles. The summed E-state index contributed by atoms with van der Waals surface area (Å²) in [7, 11) is 0. The first-order valence-electron chi connectivity index (χ1n) is 10.3. The van der Waals surface area contributed by atoms with Crippen molar-refractivity contribution in [1.29, 1.82) is 0 Å². The van der Waals surface area contributed by atoms with Gasteiger partial charge >= 0.3 is 6.03 Å². The van der Waals surface area contributed by atoms with Crippen molar-refractivity contribution in [3.63, 3.8) is 0 Å². The van der Waals surface area contributed by atoms with Gasteiger partial charge in [0, 0.05) is 35.0 Å². The molecule has 1 saturated heterocycles. The van der Waals surface area contributed by atoms with Gasteiger partial charge in [0.05, 0.1) is 0 Å². The molecule has 3 N–H and O–H groups in total. The summed E-state index contributed by atoms with van der Waals surface area (Å²) >= 11 is 0. The van der Waals surface area contributed by atoms with Crippen LogP contribution in [0.4, 0.5) is 10.5 Å². The third-order valence-electron chi connectivity index (χ3n) is 5.66. The number of rotatable bonds is 5. The number of hydrogen-bond donors (Lipinski definition) is 3. The molecule has 31 heavy (non-hydrogen) atoms. The summed E-state index contributed by atoms with van der Waals surface area (Å²) in [6, 6.07) is 12.1. The predicted octanol–water partition coefficient (Wildman–Crippen LogP) is 3.07. The van der Waals surface area contributed by atoms with Gasteiger partial charge in [-0.15, -0.1) is 0 Å². The molecule has 4 rings (SSSR count). The topological polar surface area (TPSA) is 108 Å². The number of imide groups is 1. The van der Waals surface area contributed by atoms with Gasteiger partial charge < -0.3 is 15.5 Å². The monoisotopic (exact) mass is 426 g/mol. The highest BCUT2D eigenvalue weighted by Crippen LogP contribution is 2.28. The van der Waals surface area contributed by atoms with E-state index in [2.05, 4.69) is 22.9 Å². The number of urea groups is 1. The first-order valence-corrected chi connectivity index (χ1v) is 10.3. The Hall–Kier alpha value is -3.68. The van der Waals surface area contributed by atoms with Gasteiger partial charge in [-0.2, -0.15) is 0 Å². The average molecular weight is 427 g/mol. The number of carbonyl (C=O) groups excluding carboxylic acids is 4. The second-order valence-electron chi connectivity index (χ2n) is 7.75. The van der Waals surface area contributed by atoms with Crippen molar-refractivity contribution < 1.29 is 23.5 Å². The molecule has 2 aliphatic rings. The van der Waals surface area contributed by atoms with Gasteiger partial charge in [-0.1, -0.05) is 31.2 Å². The summed E-state index contributed by atoms with van der Waals surface area (Å²) in [5, 5.41) is 7.91. The first-order chi connectivity index (χ1) is 14.9. The standard InChI is InChI=1S/C23H24N4O4.3H2/c1-2-14-3-6-17(7-4-14)25-23(31)24-12-15-5-8-18-16(11-15)13-27(22(18)30)19-9-10-20(28)26-21(19)29;;;/h3-8,11,19H,2,9-10,12-13H2,1H3,(H2,24,25,31)(H,26,28,29);3*1H. The number of piperidine rings is 1. The molecule has 166 valence electrons. The van der Waals surface area contributed by atoms with Crippen molar-refractivity contribution in [2.24, 2.45) is 0 Å². The van der Waals surface area contributed by atoms with Crippen molar-refractivity contribution >= 4 is 29.4 Å². The number of fused-ring (bicyclic) bond motifs is 1. The van der Waals surface area contributed by atoms with E-state index >= 15 is 0 Å². The quantitative estimate of drug-likeness (QED) is 0.639. The number of carbonyl (C=O) groups is 4. The fourth-order valence-electron chi connectivity index (χ4n) is 3.92. The zero-order valence-corrected chi connectivity index (χ0v) is 17.2. The Bertz CT molecular complexity index is 1060. The Labute approximate surface area is 184 Å². The Morgan fingerprint density at radius 2 is 1.87 bits per heavy atom. The maximum Gasteiger partial charge on any atom is 0.319 e.